The summed E-state index contributed by atoms with van der Waals surface area (Å²) in [5.41, 5.74) is 0.759. The Morgan fingerprint density at radius 2 is 2.13 bits per heavy atom. The van der Waals surface area contributed by atoms with Crippen LogP contribution in [0.2, 0.25) is 5.02 Å². The molecule has 1 aromatic carbocycles. The number of aliphatic hydroxyl groups excluding tert-OH is 1. The van der Waals surface area contributed by atoms with Crippen LogP contribution in [0.5, 0.6) is 0 Å². The van der Waals surface area contributed by atoms with E-state index < -0.39 is 6.10 Å². The monoisotopic (exact) mass is 360 g/mol. The third kappa shape index (κ3) is 6.68. The second-order valence-electron chi connectivity index (χ2n) is 6.16. The molecular weight excluding hydrogens is 335 g/mol. The molecule has 0 saturated carbocycles. The van der Waals surface area contributed by atoms with E-state index in [1.165, 1.54) is 12.8 Å². The van der Waals surface area contributed by atoms with Crippen molar-refractivity contribution in [1.29, 1.82) is 0 Å². The Bertz CT molecular complexity index is 476. The van der Waals surface area contributed by atoms with Gasteiger partial charge in [-0.2, -0.15) is 0 Å². The summed E-state index contributed by atoms with van der Waals surface area (Å²) in [4.78, 5) is 12.0. The summed E-state index contributed by atoms with van der Waals surface area (Å²) in [6.45, 7) is 4.45. The van der Waals surface area contributed by atoms with Crippen molar-refractivity contribution in [3.63, 3.8) is 0 Å². The van der Waals surface area contributed by atoms with Gasteiger partial charge in [-0.15, -0.1) is 12.4 Å². The predicted molar refractivity (Wildman–Crippen MR) is 96.0 cm³/mol. The van der Waals surface area contributed by atoms with Crippen LogP contribution >= 0.6 is 24.0 Å². The summed E-state index contributed by atoms with van der Waals surface area (Å²) in [7, 11) is 0. The van der Waals surface area contributed by atoms with Crippen LogP contribution in [0.25, 0.3) is 0 Å². The fourth-order valence-electron chi connectivity index (χ4n) is 2.91. The second kappa shape index (κ2) is 10.1. The van der Waals surface area contributed by atoms with E-state index in [2.05, 4.69) is 17.6 Å². The lowest BCUT2D eigenvalue weighted by molar-refractivity contribution is -0.122. The zero-order valence-corrected chi connectivity index (χ0v) is 15.0. The van der Waals surface area contributed by atoms with Crippen molar-refractivity contribution in [2.75, 3.05) is 19.6 Å². The maximum Gasteiger partial charge on any atom is 0.220 e. The molecule has 0 spiro atoms. The molecule has 0 radical (unpaired) electrons. The predicted octanol–water partition coefficient (Wildman–Crippen LogP) is 2.94. The summed E-state index contributed by atoms with van der Waals surface area (Å²) < 4.78 is 0. The van der Waals surface area contributed by atoms with Crippen LogP contribution in [-0.2, 0) is 4.79 Å². The highest BCUT2D eigenvalue weighted by atomic mass is 35.5. The van der Waals surface area contributed by atoms with Gasteiger partial charge in [-0.3, -0.25) is 4.79 Å². The molecule has 130 valence electrons. The van der Waals surface area contributed by atoms with E-state index in [1.54, 1.807) is 24.3 Å². The van der Waals surface area contributed by atoms with E-state index in [0.717, 1.165) is 18.7 Å². The van der Waals surface area contributed by atoms with Crippen molar-refractivity contribution < 1.29 is 9.90 Å². The molecule has 3 unspecified atom stereocenters. The van der Waals surface area contributed by atoms with Gasteiger partial charge in [0.1, 0.15) is 0 Å². The lowest BCUT2D eigenvalue weighted by Crippen LogP contribution is -2.36. The van der Waals surface area contributed by atoms with Gasteiger partial charge in [-0.05, 0) is 55.5 Å². The van der Waals surface area contributed by atoms with Crippen LogP contribution in [0.1, 0.15) is 37.9 Å². The fourth-order valence-corrected chi connectivity index (χ4v) is 3.04. The van der Waals surface area contributed by atoms with E-state index in [9.17, 15) is 9.90 Å². The van der Waals surface area contributed by atoms with Gasteiger partial charge in [0.15, 0.2) is 0 Å². The third-order valence-electron chi connectivity index (χ3n) is 4.39. The molecule has 1 fully saturated rings. The van der Waals surface area contributed by atoms with Gasteiger partial charge in [0, 0.05) is 18.0 Å². The number of rotatable bonds is 6. The molecule has 1 aromatic rings. The number of aliphatic hydroxyl groups is 1. The summed E-state index contributed by atoms with van der Waals surface area (Å²) >= 11 is 5.82. The number of carbonyl (C=O) groups is 1. The molecule has 1 aliphatic rings. The molecule has 2 rings (SSSR count). The van der Waals surface area contributed by atoms with Gasteiger partial charge < -0.3 is 15.7 Å². The zero-order chi connectivity index (χ0) is 15.9. The topological polar surface area (TPSA) is 61.4 Å². The summed E-state index contributed by atoms with van der Waals surface area (Å²) in [5.74, 6) is 0.937. The van der Waals surface area contributed by atoms with Gasteiger partial charge in [-0.25, -0.2) is 0 Å². The van der Waals surface area contributed by atoms with Crippen molar-refractivity contribution >= 4 is 29.9 Å². The average Bonchev–Trinajstić information content (AvgIpc) is 2.54. The number of halogens is 2. The minimum atomic E-state index is -0.701. The maximum absolute atomic E-state index is 12.0. The summed E-state index contributed by atoms with van der Waals surface area (Å²) in [5, 5.41) is 16.9. The molecule has 1 heterocycles. The first-order valence-electron chi connectivity index (χ1n) is 7.97. The van der Waals surface area contributed by atoms with Crippen LogP contribution in [0, 0.1) is 11.8 Å². The number of amides is 1. The highest BCUT2D eigenvalue weighted by molar-refractivity contribution is 6.30. The SMILES string of the molecule is CC(CC(=O)NCC(O)c1ccc(Cl)cc1)C1CCCNC1.Cl. The summed E-state index contributed by atoms with van der Waals surface area (Å²) in [6.07, 6.45) is 2.19. The van der Waals surface area contributed by atoms with E-state index in [1.807, 2.05) is 0 Å². The quantitative estimate of drug-likeness (QED) is 0.730. The second-order valence-corrected chi connectivity index (χ2v) is 6.60. The van der Waals surface area contributed by atoms with Crippen LogP contribution in [-0.4, -0.2) is 30.6 Å². The number of benzene rings is 1. The molecule has 1 amide bonds. The van der Waals surface area contributed by atoms with E-state index >= 15 is 0 Å². The molecule has 4 nitrogen and oxygen atoms in total. The number of hydrogen-bond acceptors (Lipinski definition) is 3. The minimum Gasteiger partial charge on any atom is -0.387 e. The minimum absolute atomic E-state index is 0. The van der Waals surface area contributed by atoms with Crippen LogP contribution < -0.4 is 10.6 Å². The number of piperidine rings is 1. The normalized spacial score (nSPS) is 20.2. The van der Waals surface area contributed by atoms with Gasteiger partial charge in [0.2, 0.25) is 5.91 Å². The molecule has 23 heavy (non-hydrogen) atoms. The van der Waals surface area contributed by atoms with Gasteiger partial charge in [0.05, 0.1) is 6.10 Å². The Hall–Kier alpha value is -0.810. The molecular formula is C17H26Cl2N2O2. The number of hydrogen-bond donors (Lipinski definition) is 3. The van der Waals surface area contributed by atoms with Crippen molar-refractivity contribution in [2.45, 2.75) is 32.3 Å². The molecule has 1 saturated heterocycles. The Labute approximate surface area is 149 Å². The smallest absolute Gasteiger partial charge is 0.220 e. The van der Waals surface area contributed by atoms with Gasteiger partial charge in [-0.1, -0.05) is 30.7 Å². The van der Waals surface area contributed by atoms with Crippen LogP contribution in [0.3, 0.4) is 0 Å². The van der Waals surface area contributed by atoms with Crippen LogP contribution in [0.15, 0.2) is 24.3 Å². The van der Waals surface area contributed by atoms with Crippen molar-refractivity contribution in [3.8, 4) is 0 Å². The molecule has 1 aliphatic heterocycles. The lowest BCUT2D eigenvalue weighted by Gasteiger charge is -2.28. The maximum atomic E-state index is 12.0. The largest absolute Gasteiger partial charge is 0.387 e. The lowest BCUT2D eigenvalue weighted by atomic mass is 9.85. The van der Waals surface area contributed by atoms with Crippen molar-refractivity contribution in [3.05, 3.63) is 34.9 Å². The first kappa shape index (κ1) is 20.2. The molecule has 0 aromatic heterocycles. The highest BCUT2D eigenvalue weighted by Crippen LogP contribution is 2.22. The van der Waals surface area contributed by atoms with Crippen LogP contribution in [0.4, 0.5) is 0 Å². The van der Waals surface area contributed by atoms with E-state index in [-0.39, 0.29) is 24.9 Å². The number of carbonyl (C=O) groups excluding carboxylic acids is 1. The third-order valence-corrected chi connectivity index (χ3v) is 4.65. The molecule has 3 N–H and O–H groups in total. The van der Waals surface area contributed by atoms with Crippen molar-refractivity contribution in [2.24, 2.45) is 11.8 Å². The Morgan fingerprint density at radius 1 is 1.43 bits per heavy atom. The Kier molecular flexibility index (Phi) is 8.92. The fraction of sp³-hybridized carbons (Fsp3) is 0.588. The average molecular weight is 361 g/mol. The number of nitrogens with one attached hydrogen (secondary N) is 2. The first-order valence-corrected chi connectivity index (χ1v) is 8.35. The zero-order valence-electron chi connectivity index (χ0n) is 13.4. The first-order chi connectivity index (χ1) is 10.6. The van der Waals surface area contributed by atoms with E-state index in [4.69, 9.17) is 11.6 Å². The Morgan fingerprint density at radius 3 is 2.74 bits per heavy atom. The molecule has 0 bridgehead atoms. The summed E-state index contributed by atoms with van der Waals surface area (Å²) in [6, 6.07) is 7.02. The van der Waals surface area contributed by atoms with Gasteiger partial charge in [0.25, 0.3) is 0 Å². The Balaban J connectivity index is 0.00000264. The molecule has 3 atom stereocenters. The standard InChI is InChI=1S/C17H25ClN2O2.ClH/c1-12(14-3-2-8-19-10-14)9-17(22)20-11-16(21)13-4-6-15(18)7-5-13;/h4-7,12,14,16,19,21H,2-3,8-11H2,1H3,(H,20,22);1H. The van der Waals surface area contributed by atoms with Gasteiger partial charge >= 0.3 is 0 Å². The van der Waals surface area contributed by atoms with E-state index in [0.29, 0.717) is 23.3 Å². The molecule has 0 aliphatic carbocycles. The van der Waals surface area contributed by atoms with Crippen molar-refractivity contribution in [1.82, 2.24) is 10.6 Å². The molecule has 6 heteroatoms. The highest BCUT2D eigenvalue weighted by Gasteiger charge is 2.22.